The summed E-state index contributed by atoms with van der Waals surface area (Å²) >= 11 is 0. The van der Waals surface area contributed by atoms with Crippen molar-refractivity contribution < 1.29 is 38.0 Å². The maximum absolute atomic E-state index is 11.1. The molecular formula is C55H64O8. The zero-order valence-corrected chi connectivity index (χ0v) is 37.0. The zero-order valence-electron chi connectivity index (χ0n) is 37.0. The van der Waals surface area contributed by atoms with Crippen LogP contribution in [0.4, 0.5) is 0 Å². The van der Waals surface area contributed by atoms with Crippen molar-refractivity contribution in [2.75, 3.05) is 26.4 Å². The Hall–Kier alpha value is -6.28. The Morgan fingerprint density at radius 2 is 0.762 bits per heavy atom. The van der Waals surface area contributed by atoms with E-state index in [1.54, 1.807) is 0 Å². The van der Waals surface area contributed by atoms with Gasteiger partial charge in [-0.3, -0.25) is 0 Å². The van der Waals surface area contributed by atoms with Gasteiger partial charge in [0.1, 0.15) is 24.7 Å². The second kappa shape index (κ2) is 27.6. The fourth-order valence-electron chi connectivity index (χ4n) is 6.91. The van der Waals surface area contributed by atoms with Gasteiger partial charge >= 0.3 is 11.9 Å². The van der Waals surface area contributed by atoms with E-state index in [1.165, 1.54) is 12.2 Å². The summed E-state index contributed by atoms with van der Waals surface area (Å²) in [5, 5.41) is 0. The van der Waals surface area contributed by atoms with E-state index in [1.807, 2.05) is 42.5 Å². The van der Waals surface area contributed by atoms with Gasteiger partial charge in [-0.2, -0.15) is 0 Å². The first kappa shape index (κ1) is 47.8. The highest BCUT2D eigenvalue weighted by Gasteiger charge is 2.09. The summed E-state index contributed by atoms with van der Waals surface area (Å²) in [4.78, 5) is 22.1. The predicted octanol–water partition coefficient (Wildman–Crippen LogP) is 13.4. The van der Waals surface area contributed by atoms with Crippen LogP contribution in [-0.2, 0) is 32.3 Å². The minimum atomic E-state index is -0.351. The van der Waals surface area contributed by atoms with Crippen molar-refractivity contribution in [1.82, 2.24) is 0 Å². The number of carbonyl (C=O) groups excluding carboxylic acids is 2. The summed E-state index contributed by atoms with van der Waals surface area (Å²) in [6.45, 7) is 12.0. The van der Waals surface area contributed by atoms with Gasteiger partial charge in [-0.1, -0.05) is 143 Å². The van der Waals surface area contributed by atoms with Gasteiger partial charge in [-0.25, -0.2) is 9.59 Å². The first-order valence-corrected chi connectivity index (χ1v) is 22.5. The highest BCUT2D eigenvalue weighted by atomic mass is 16.5. The van der Waals surface area contributed by atoms with Crippen molar-refractivity contribution in [3.05, 3.63) is 157 Å². The largest absolute Gasteiger partial charge is 0.494 e. The van der Waals surface area contributed by atoms with Crippen LogP contribution in [0.15, 0.2) is 141 Å². The quantitative estimate of drug-likeness (QED) is 0.0256. The Morgan fingerprint density at radius 1 is 0.413 bits per heavy atom. The van der Waals surface area contributed by atoms with E-state index < -0.39 is 0 Å². The van der Waals surface area contributed by atoms with Gasteiger partial charge in [-0.05, 0) is 108 Å². The van der Waals surface area contributed by atoms with Crippen LogP contribution in [-0.4, -0.2) is 38.4 Å². The molecule has 5 aromatic carbocycles. The second-order valence-corrected chi connectivity index (χ2v) is 15.7. The van der Waals surface area contributed by atoms with Gasteiger partial charge in [0.05, 0.1) is 26.4 Å². The summed E-state index contributed by atoms with van der Waals surface area (Å²) < 4.78 is 34.6. The summed E-state index contributed by atoms with van der Waals surface area (Å²) in [5.41, 5.74) is 7.78. The number of rotatable bonds is 30. The van der Waals surface area contributed by atoms with E-state index >= 15 is 0 Å². The molecule has 5 aromatic rings. The van der Waals surface area contributed by atoms with Crippen LogP contribution in [0.3, 0.4) is 0 Å². The molecule has 0 aliphatic carbocycles. The molecule has 5 rings (SSSR count). The van der Waals surface area contributed by atoms with Crippen LogP contribution in [0.2, 0.25) is 0 Å². The van der Waals surface area contributed by atoms with Crippen LogP contribution < -0.4 is 18.9 Å². The van der Waals surface area contributed by atoms with Crippen molar-refractivity contribution in [1.29, 1.82) is 0 Å². The number of ether oxygens (including phenoxy) is 6. The molecule has 0 aromatic heterocycles. The Bertz CT molecular complexity index is 2110. The maximum Gasteiger partial charge on any atom is 0.330 e. The summed E-state index contributed by atoms with van der Waals surface area (Å²) in [5.74, 6) is 2.49. The normalized spacial score (nSPS) is 10.7. The van der Waals surface area contributed by atoms with Crippen molar-refractivity contribution in [3.63, 3.8) is 0 Å². The Kier molecular flexibility index (Phi) is 20.9. The van der Waals surface area contributed by atoms with E-state index in [-0.39, 0.29) is 11.9 Å². The van der Waals surface area contributed by atoms with Gasteiger partial charge in [0.25, 0.3) is 0 Å². The highest BCUT2D eigenvalue weighted by molar-refractivity contribution is 5.81. The summed E-state index contributed by atoms with van der Waals surface area (Å²) in [6.07, 6.45) is 15.1. The average Bonchev–Trinajstić information content (AvgIpc) is 3.32. The molecule has 0 unspecified atom stereocenters. The molecule has 0 saturated heterocycles. The third-order valence-electron chi connectivity index (χ3n) is 10.6. The Labute approximate surface area is 374 Å². The van der Waals surface area contributed by atoms with E-state index in [0.29, 0.717) is 45.4 Å². The Balaban J connectivity index is 0.981. The monoisotopic (exact) mass is 852 g/mol. The van der Waals surface area contributed by atoms with E-state index in [0.717, 1.165) is 133 Å². The minimum absolute atomic E-state index is 0.351. The molecule has 0 aliphatic rings. The molecule has 0 spiro atoms. The molecule has 0 radical (unpaired) electrons. The minimum Gasteiger partial charge on any atom is -0.494 e. The fraction of sp³-hybridized carbons (Fsp3) is 0.345. The van der Waals surface area contributed by atoms with Crippen LogP contribution >= 0.6 is 0 Å². The van der Waals surface area contributed by atoms with E-state index in [4.69, 9.17) is 28.4 Å². The lowest BCUT2D eigenvalue weighted by molar-refractivity contribution is -0.138. The third kappa shape index (κ3) is 17.9. The molecule has 8 heteroatoms. The lowest BCUT2D eigenvalue weighted by Crippen LogP contribution is -2.01. The number of hydrogen-bond donors (Lipinski definition) is 0. The SMILES string of the molecule is C=CC(=O)OCCCCCCCCOc1ccc(-c2ccc(COc3ccc(C)cc3OCc3ccc(-c4ccc(OCCCCCCCCOC(=O)C=C)cc4)cc3)cc2)cc1. The number of unbranched alkanes of at least 4 members (excludes halogenated alkanes) is 10. The number of esters is 2. The van der Waals surface area contributed by atoms with Crippen LogP contribution in [0.5, 0.6) is 23.0 Å². The highest BCUT2D eigenvalue weighted by Crippen LogP contribution is 2.31. The van der Waals surface area contributed by atoms with Crippen molar-refractivity contribution >= 4 is 11.9 Å². The van der Waals surface area contributed by atoms with E-state index in [9.17, 15) is 9.59 Å². The van der Waals surface area contributed by atoms with Crippen LogP contribution in [0.1, 0.15) is 93.7 Å². The third-order valence-corrected chi connectivity index (χ3v) is 10.6. The molecule has 332 valence electrons. The van der Waals surface area contributed by atoms with Crippen LogP contribution in [0.25, 0.3) is 22.3 Å². The topological polar surface area (TPSA) is 89.5 Å². The number of carbonyl (C=O) groups is 2. The standard InChI is InChI=1S/C55H64O8/c1-4-54(56)60-38-16-12-8-6-10-14-36-58-50-31-27-48(28-32-50)46-23-19-44(20-24-46)41-62-52-35-18-43(3)40-53(52)63-42-45-21-25-47(26-22-45)49-29-33-51(34-30-49)59-37-15-11-7-9-13-17-39-61-55(57)5-2/h4-5,18-35,40H,1-2,6-17,36-39,41-42H2,3H3. The number of hydrogen-bond acceptors (Lipinski definition) is 8. The first-order chi connectivity index (χ1) is 30.9. The predicted molar refractivity (Wildman–Crippen MR) is 252 cm³/mol. The molecule has 0 amide bonds. The van der Waals surface area contributed by atoms with Gasteiger partial charge in [-0.15, -0.1) is 0 Å². The second-order valence-electron chi connectivity index (χ2n) is 15.7. The molecule has 0 bridgehead atoms. The molecule has 0 heterocycles. The maximum atomic E-state index is 11.1. The molecule has 0 fully saturated rings. The van der Waals surface area contributed by atoms with Crippen molar-refractivity contribution in [2.24, 2.45) is 0 Å². The van der Waals surface area contributed by atoms with Crippen molar-refractivity contribution in [2.45, 2.75) is 97.2 Å². The molecule has 0 aliphatic heterocycles. The summed E-state index contributed by atoms with van der Waals surface area (Å²) in [6, 6.07) is 39.5. The number of aryl methyl sites for hydroxylation is 1. The van der Waals surface area contributed by atoms with Gasteiger partial charge in [0, 0.05) is 12.2 Å². The molecule has 0 saturated carbocycles. The Morgan fingerprint density at radius 3 is 1.16 bits per heavy atom. The lowest BCUT2D eigenvalue weighted by atomic mass is 10.0. The molecule has 0 atom stereocenters. The van der Waals surface area contributed by atoms with Gasteiger partial charge in [0.15, 0.2) is 11.5 Å². The van der Waals surface area contributed by atoms with Gasteiger partial charge < -0.3 is 28.4 Å². The molecule has 63 heavy (non-hydrogen) atoms. The number of benzene rings is 5. The molecular weight excluding hydrogens is 789 g/mol. The van der Waals surface area contributed by atoms with Crippen molar-refractivity contribution in [3.8, 4) is 45.3 Å². The lowest BCUT2D eigenvalue weighted by Gasteiger charge is -2.14. The molecule has 0 N–H and O–H groups in total. The summed E-state index contributed by atoms with van der Waals surface area (Å²) in [7, 11) is 0. The fourth-order valence-corrected chi connectivity index (χ4v) is 6.91. The smallest absolute Gasteiger partial charge is 0.330 e. The first-order valence-electron chi connectivity index (χ1n) is 22.5. The van der Waals surface area contributed by atoms with E-state index in [2.05, 4.69) is 92.9 Å². The van der Waals surface area contributed by atoms with Crippen LogP contribution in [0, 0.1) is 6.92 Å². The van der Waals surface area contributed by atoms with Gasteiger partial charge in [0.2, 0.25) is 0 Å². The molecule has 8 nitrogen and oxygen atoms in total. The average molecular weight is 853 g/mol. The zero-order chi connectivity index (χ0) is 44.3.